The average molecular weight is 374 g/mol. The lowest BCUT2D eigenvalue weighted by molar-refractivity contribution is -0.156. The van der Waals surface area contributed by atoms with Crippen molar-refractivity contribution in [2.75, 3.05) is 6.61 Å². The van der Waals surface area contributed by atoms with E-state index in [9.17, 15) is 24.0 Å². The van der Waals surface area contributed by atoms with Gasteiger partial charge >= 0.3 is 29.8 Å². The molecule has 0 spiro atoms. The van der Waals surface area contributed by atoms with Crippen molar-refractivity contribution in [2.24, 2.45) is 0 Å². The van der Waals surface area contributed by atoms with E-state index in [4.69, 9.17) is 0 Å². The highest BCUT2D eigenvalue weighted by Gasteiger charge is 2.16. The van der Waals surface area contributed by atoms with Gasteiger partial charge in [-0.15, -0.1) is 0 Å². The minimum Gasteiger partial charge on any atom is -0.450 e. The van der Waals surface area contributed by atoms with Crippen molar-refractivity contribution in [1.82, 2.24) is 0 Å². The first kappa shape index (κ1) is 21.5. The van der Waals surface area contributed by atoms with E-state index in [-0.39, 0.29) is 23.1 Å². The molecular weight excluding hydrogens is 356 g/mol. The Kier molecular flexibility index (Phi) is 8.31. The molecule has 0 aliphatic heterocycles. The molecule has 0 bridgehead atoms. The molecule has 1 aromatic rings. The highest BCUT2D eigenvalue weighted by molar-refractivity contribution is 5.98. The molecule has 1 rings (SSSR count). The van der Waals surface area contributed by atoms with Gasteiger partial charge in [-0.3, -0.25) is 4.79 Å². The number of hydrogen-bond donors (Lipinski definition) is 0. The van der Waals surface area contributed by atoms with E-state index in [0.29, 0.717) is 0 Å². The molecule has 0 radical (unpaired) electrons. The summed E-state index contributed by atoms with van der Waals surface area (Å²) >= 11 is 0. The van der Waals surface area contributed by atoms with Crippen LogP contribution in [0.2, 0.25) is 0 Å². The molecule has 0 atom stereocenters. The molecule has 8 heteroatoms. The Labute approximate surface area is 155 Å². The van der Waals surface area contributed by atoms with Crippen molar-refractivity contribution < 1.29 is 38.2 Å². The SMILES string of the molecule is C=C(C)C(=O)OC(=O)CC=C(C)C(=O)OCC(=O)OC(=O)c1ccccc1. The van der Waals surface area contributed by atoms with Gasteiger partial charge in [0, 0.05) is 11.1 Å². The fourth-order valence-electron chi connectivity index (χ4n) is 1.56. The second-order valence-electron chi connectivity index (χ2n) is 5.34. The lowest BCUT2D eigenvalue weighted by Gasteiger charge is -2.05. The summed E-state index contributed by atoms with van der Waals surface area (Å²) in [4.78, 5) is 57.5. The van der Waals surface area contributed by atoms with Gasteiger partial charge in [0.1, 0.15) is 0 Å². The highest BCUT2D eigenvalue weighted by atomic mass is 16.6. The molecule has 8 nitrogen and oxygen atoms in total. The molecule has 0 fully saturated rings. The maximum absolute atomic E-state index is 11.7. The number of hydrogen-bond acceptors (Lipinski definition) is 8. The van der Waals surface area contributed by atoms with Gasteiger partial charge in [0.15, 0.2) is 6.61 Å². The molecule has 0 aromatic heterocycles. The Morgan fingerprint density at radius 2 is 1.56 bits per heavy atom. The van der Waals surface area contributed by atoms with Crippen molar-refractivity contribution in [3.8, 4) is 0 Å². The quantitative estimate of drug-likeness (QED) is 0.308. The number of carbonyl (C=O) groups is 5. The zero-order valence-electron chi connectivity index (χ0n) is 14.9. The fourth-order valence-corrected chi connectivity index (χ4v) is 1.56. The Morgan fingerprint density at radius 3 is 2.15 bits per heavy atom. The van der Waals surface area contributed by atoms with Crippen LogP contribution in [0.25, 0.3) is 0 Å². The molecule has 142 valence electrons. The molecule has 0 unspecified atom stereocenters. The zero-order chi connectivity index (χ0) is 20.4. The summed E-state index contributed by atoms with van der Waals surface area (Å²) in [5.74, 6) is -4.54. The van der Waals surface area contributed by atoms with E-state index < -0.39 is 36.5 Å². The van der Waals surface area contributed by atoms with E-state index in [1.54, 1.807) is 18.2 Å². The van der Waals surface area contributed by atoms with Crippen molar-refractivity contribution in [3.05, 3.63) is 59.7 Å². The molecule has 0 N–H and O–H groups in total. The van der Waals surface area contributed by atoms with Crippen LogP contribution in [0.5, 0.6) is 0 Å². The summed E-state index contributed by atoms with van der Waals surface area (Å²) in [6.45, 7) is 5.28. The first-order valence-corrected chi connectivity index (χ1v) is 7.75. The van der Waals surface area contributed by atoms with Crippen molar-refractivity contribution >= 4 is 29.8 Å². The van der Waals surface area contributed by atoms with Crippen LogP contribution in [0, 0.1) is 0 Å². The van der Waals surface area contributed by atoms with Crippen LogP contribution < -0.4 is 0 Å². The maximum Gasteiger partial charge on any atom is 0.352 e. The first-order valence-electron chi connectivity index (χ1n) is 7.75. The summed E-state index contributed by atoms with van der Waals surface area (Å²) in [6, 6.07) is 7.83. The first-order chi connectivity index (χ1) is 12.7. The predicted octanol–water partition coefficient (Wildman–Crippen LogP) is 1.90. The van der Waals surface area contributed by atoms with E-state index >= 15 is 0 Å². The summed E-state index contributed by atoms with van der Waals surface area (Å²) < 4.78 is 13.7. The van der Waals surface area contributed by atoms with Crippen LogP contribution in [-0.4, -0.2) is 36.5 Å². The summed E-state index contributed by atoms with van der Waals surface area (Å²) in [5, 5.41) is 0. The maximum atomic E-state index is 11.7. The van der Waals surface area contributed by atoms with Crippen LogP contribution in [0.3, 0.4) is 0 Å². The van der Waals surface area contributed by atoms with Gasteiger partial charge in [0.2, 0.25) is 0 Å². The van der Waals surface area contributed by atoms with E-state index in [1.807, 2.05) is 0 Å². The molecule has 27 heavy (non-hydrogen) atoms. The molecule has 0 saturated heterocycles. The van der Waals surface area contributed by atoms with Crippen LogP contribution >= 0.6 is 0 Å². The molecule has 0 aliphatic carbocycles. The van der Waals surface area contributed by atoms with Gasteiger partial charge < -0.3 is 14.2 Å². The number of benzene rings is 1. The normalized spacial score (nSPS) is 10.5. The second-order valence-corrected chi connectivity index (χ2v) is 5.34. The van der Waals surface area contributed by atoms with Crippen molar-refractivity contribution in [1.29, 1.82) is 0 Å². The van der Waals surface area contributed by atoms with E-state index in [1.165, 1.54) is 32.1 Å². The van der Waals surface area contributed by atoms with Crippen molar-refractivity contribution in [3.63, 3.8) is 0 Å². The fraction of sp³-hybridized carbons (Fsp3) is 0.211. The standard InChI is InChI=1S/C19H18O8/c1-12(2)17(22)26-15(20)10-9-13(3)18(23)25-11-16(21)27-19(24)14-7-5-4-6-8-14/h4-9H,1,10-11H2,2-3H3. The lowest BCUT2D eigenvalue weighted by atomic mass is 10.2. The van der Waals surface area contributed by atoms with Gasteiger partial charge in [-0.1, -0.05) is 30.9 Å². The van der Waals surface area contributed by atoms with Gasteiger partial charge in [-0.25, -0.2) is 19.2 Å². The predicted molar refractivity (Wildman–Crippen MR) is 92.1 cm³/mol. The Hall–Kier alpha value is -3.55. The number of rotatable bonds is 7. The molecule has 0 aliphatic rings. The topological polar surface area (TPSA) is 113 Å². The van der Waals surface area contributed by atoms with Crippen LogP contribution in [-0.2, 0) is 33.4 Å². The molecule has 0 heterocycles. The number of carbonyl (C=O) groups excluding carboxylic acids is 5. The third-order valence-corrected chi connectivity index (χ3v) is 2.99. The van der Waals surface area contributed by atoms with Gasteiger partial charge in [-0.05, 0) is 26.0 Å². The van der Waals surface area contributed by atoms with Crippen LogP contribution in [0.1, 0.15) is 30.6 Å². The lowest BCUT2D eigenvalue weighted by Crippen LogP contribution is -2.20. The van der Waals surface area contributed by atoms with Crippen LogP contribution in [0.15, 0.2) is 54.1 Å². The number of esters is 5. The van der Waals surface area contributed by atoms with E-state index in [2.05, 4.69) is 20.8 Å². The van der Waals surface area contributed by atoms with Crippen LogP contribution in [0.4, 0.5) is 0 Å². The average Bonchev–Trinajstić information content (AvgIpc) is 2.64. The molecule has 0 saturated carbocycles. The third kappa shape index (κ3) is 7.91. The molecule has 0 amide bonds. The molecule has 1 aromatic carbocycles. The monoisotopic (exact) mass is 374 g/mol. The summed E-state index contributed by atoms with van der Waals surface area (Å²) in [7, 11) is 0. The highest BCUT2D eigenvalue weighted by Crippen LogP contribution is 2.04. The van der Waals surface area contributed by atoms with Crippen molar-refractivity contribution in [2.45, 2.75) is 20.3 Å². The minimum absolute atomic E-state index is 0.0110. The Balaban J connectivity index is 2.43. The zero-order valence-corrected chi connectivity index (χ0v) is 14.9. The third-order valence-electron chi connectivity index (χ3n) is 2.99. The second kappa shape index (κ2) is 10.4. The Bertz CT molecular complexity index is 789. The van der Waals surface area contributed by atoms with Gasteiger partial charge in [-0.2, -0.15) is 0 Å². The minimum atomic E-state index is -1.04. The molecular formula is C19H18O8. The number of ether oxygens (including phenoxy) is 3. The van der Waals surface area contributed by atoms with Gasteiger partial charge in [0.25, 0.3) is 0 Å². The summed E-state index contributed by atoms with van der Waals surface area (Å²) in [5.41, 5.74) is 0.250. The Morgan fingerprint density at radius 1 is 0.926 bits per heavy atom. The largest absolute Gasteiger partial charge is 0.450 e. The van der Waals surface area contributed by atoms with E-state index in [0.717, 1.165) is 0 Å². The van der Waals surface area contributed by atoms with Gasteiger partial charge in [0.05, 0.1) is 12.0 Å². The smallest absolute Gasteiger partial charge is 0.352 e. The summed E-state index contributed by atoms with van der Waals surface area (Å²) in [6.07, 6.45) is 0.827.